The van der Waals surface area contributed by atoms with E-state index in [9.17, 15) is 0 Å². The molecular weight excluding hydrogens is 476 g/mol. The van der Waals surface area contributed by atoms with E-state index in [-0.39, 0.29) is 23.8 Å². The summed E-state index contributed by atoms with van der Waals surface area (Å²) in [6.45, 7) is 18.4. The van der Waals surface area contributed by atoms with Crippen molar-refractivity contribution in [2.24, 2.45) is 28.6 Å². The summed E-state index contributed by atoms with van der Waals surface area (Å²) in [6, 6.07) is 10.3. The predicted octanol–water partition coefficient (Wildman–Crippen LogP) is 7.01. The van der Waals surface area contributed by atoms with Gasteiger partial charge in [0, 0.05) is 25.2 Å². The summed E-state index contributed by atoms with van der Waals surface area (Å²) in [4.78, 5) is 15.0. The molecule has 38 heavy (non-hydrogen) atoms. The van der Waals surface area contributed by atoms with Crippen molar-refractivity contribution in [2.75, 3.05) is 19.8 Å². The molecule has 4 bridgehead atoms. The molecule has 1 aromatic rings. The fraction of sp³-hybridized carbons (Fsp3) is 0.788. The lowest BCUT2D eigenvalue weighted by Crippen LogP contribution is -2.67. The van der Waals surface area contributed by atoms with Gasteiger partial charge in [-0.2, -0.15) is 0 Å². The zero-order valence-corrected chi connectivity index (χ0v) is 25.2. The van der Waals surface area contributed by atoms with Gasteiger partial charge in [0.1, 0.15) is 17.1 Å². The van der Waals surface area contributed by atoms with Gasteiger partial charge in [0.25, 0.3) is 0 Å². The topological polar surface area (TPSA) is 54.0 Å². The molecule has 0 saturated heterocycles. The Balaban J connectivity index is 1.80. The van der Waals surface area contributed by atoms with Gasteiger partial charge in [-0.1, -0.05) is 44.2 Å². The van der Waals surface area contributed by atoms with Gasteiger partial charge in [-0.3, -0.25) is 4.79 Å². The minimum absolute atomic E-state index is 0.170. The number of ether oxygens (including phenoxy) is 4. The number of carbonyl (C=O) groups excluding carboxylic acids is 1. The van der Waals surface area contributed by atoms with Crippen molar-refractivity contribution in [3.63, 3.8) is 0 Å². The molecule has 4 fully saturated rings. The molecule has 5 unspecified atom stereocenters. The molecule has 0 aromatic heterocycles. The van der Waals surface area contributed by atoms with E-state index >= 15 is 4.79 Å². The number of hydrogen-bond acceptors (Lipinski definition) is 5. The average molecular weight is 529 g/mol. The van der Waals surface area contributed by atoms with Crippen LogP contribution in [-0.2, 0) is 30.2 Å². The van der Waals surface area contributed by atoms with Crippen LogP contribution in [0.15, 0.2) is 30.3 Å². The Bertz CT molecular complexity index is 926. The molecule has 0 amide bonds. The van der Waals surface area contributed by atoms with Crippen molar-refractivity contribution in [3.8, 4) is 0 Å². The van der Waals surface area contributed by atoms with Crippen molar-refractivity contribution in [1.29, 1.82) is 0 Å². The number of hydrogen-bond donors (Lipinski definition) is 0. The van der Waals surface area contributed by atoms with Crippen LogP contribution in [0.1, 0.15) is 93.1 Å². The third-order valence-electron chi connectivity index (χ3n) is 10.7. The van der Waals surface area contributed by atoms with Crippen LogP contribution in [0.5, 0.6) is 0 Å². The Labute approximate surface area is 231 Å². The monoisotopic (exact) mass is 528 g/mol. The highest BCUT2D eigenvalue weighted by molar-refractivity contribution is 5.80. The van der Waals surface area contributed by atoms with Crippen LogP contribution in [0, 0.1) is 28.6 Å². The highest BCUT2D eigenvalue weighted by Gasteiger charge is 2.65. The molecule has 0 radical (unpaired) electrons. The summed E-state index contributed by atoms with van der Waals surface area (Å²) in [5.41, 5.74) is -1.47. The van der Waals surface area contributed by atoms with Crippen LogP contribution in [0.4, 0.5) is 0 Å². The van der Waals surface area contributed by atoms with Crippen LogP contribution >= 0.6 is 0 Å². The third-order valence-corrected chi connectivity index (χ3v) is 10.7. The van der Waals surface area contributed by atoms with Gasteiger partial charge >= 0.3 is 5.97 Å². The zero-order valence-electron chi connectivity index (χ0n) is 25.2. The maximum atomic E-state index is 15.0. The van der Waals surface area contributed by atoms with Gasteiger partial charge in [0.15, 0.2) is 0 Å². The molecule has 4 aliphatic rings. The first-order chi connectivity index (χ1) is 18.0. The maximum Gasteiger partial charge on any atom is 0.316 e. The van der Waals surface area contributed by atoms with Gasteiger partial charge in [0.05, 0.1) is 11.7 Å². The SMILES string of the molecule is CCOC(C)C(Cc1ccccc1)(C(=O)OC1C2CC3CC(C2)CC1(OCC)C3)C(C)(C)C(C)(C)OCC. The van der Waals surface area contributed by atoms with Crippen LogP contribution in [0.3, 0.4) is 0 Å². The molecule has 5 atom stereocenters. The summed E-state index contributed by atoms with van der Waals surface area (Å²) in [6.07, 6.45) is 5.53. The summed E-state index contributed by atoms with van der Waals surface area (Å²) >= 11 is 0. The standard InChI is InChI=1S/C33H52O5/c1-9-35-23(4)33(22-24-15-13-12-14-16-24,30(5,6)31(7,8)36-10-2)29(34)38-28-27-18-25-17-26(19-27)21-32(28,20-25)37-11-3/h12-16,23,25-28H,9-11,17-22H2,1-8H3. The minimum atomic E-state index is -0.981. The van der Waals surface area contributed by atoms with E-state index in [4.69, 9.17) is 18.9 Å². The lowest BCUT2D eigenvalue weighted by atomic mass is 9.52. The van der Waals surface area contributed by atoms with E-state index in [1.807, 2.05) is 39.0 Å². The number of esters is 1. The summed E-state index contributed by atoms with van der Waals surface area (Å²) in [5, 5.41) is 0. The van der Waals surface area contributed by atoms with E-state index < -0.39 is 16.4 Å². The first-order valence-corrected chi connectivity index (χ1v) is 15.1. The molecule has 0 heterocycles. The average Bonchev–Trinajstić information content (AvgIpc) is 2.85. The molecule has 5 rings (SSSR count). The lowest BCUT2D eigenvalue weighted by Gasteiger charge is -2.61. The normalized spacial score (nSPS) is 31.2. The van der Waals surface area contributed by atoms with Crippen molar-refractivity contribution >= 4 is 5.97 Å². The van der Waals surface area contributed by atoms with E-state index in [1.54, 1.807) is 0 Å². The number of benzene rings is 1. The Hall–Kier alpha value is -1.43. The molecule has 4 saturated carbocycles. The molecule has 5 heteroatoms. The Morgan fingerprint density at radius 2 is 1.58 bits per heavy atom. The second-order valence-electron chi connectivity index (χ2n) is 13.2. The first-order valence-electron chi connectivity index (χ1n) is 15.1. The molecule has 214 valence electrons. The summed E-state index contributed by atoms with van der Waals surface area (Å²) < 4.78 is 26.1. The molecule has 0 aliphatic heterocycles. The van der Waals surface area contributed by atoms with E-state index in [0.29, 0.717) is 44.0 Å². The molecule has 5 nitrogen and oxygen atoms in total. The summed E-state index contributed by atoms with van der Waals surface area (Å²) in [5.74, 6) is 1.59. The quantitative estimate of drug-likeness (QED) is 0.258. The smallest absolute Gasteiger partial charge is 0.316 e. The highest BCUT2D eigenvalue weighted by atomic mass is 16.6. The van der Waals surface area contributed by atoms with Crippen molar-refractivity contribution < 1.29 is 23.7 Å². The third kappa shape index (κ3) is 4.97. The van der Waals surface area contributed by atoms with E-state index in [2.05, 4.69) is 46.8 Å². The van der Waals surface area contributed by atoms with Crippen LogP contribution in [-0.4, -0.2) is 49.2 Å². The Kier molecular flexibility index (Phi) is 8.72. The van der Waals surface area contributed by atoms with E-state index in [0.717, 1.165) is 31.2 Å². The Morgan fingerprint density at radius 3 is 2.13 bits per heavy atom. The summed E-state index contributed by atoms with van der Waals surface area (Å²) in [7, 11) is 0. The zero-order chi connectivity index (χ0) is 27.8. The predicted molar refractivity (Wildman–Crippen MR) is 151 cm³/mol. The van der Waals surface area contributed by atoms with Crippen molar-refractivity contribution in [2.45, 2.75) is 117 Å². The Morgan fingerprint density at radius 1 is 0.947 bits per heavy atom. The number of carbonyl (C=O) groups is 1. The number of rotatable bonds is 13. The van der Waals surface area contributed by atoms with Gasteiger partial charge in [-0.15, -0.1) is 0 Å². The van der Waals surface area contributed by atoms with Gasteiger partial charge < -0.3 is 18.9 Å². The van der Waals surface area contributed by atoms with Crippen molar-refractivity contribution in [3.05, 3.63) is 35.9 Å². The highest BCUT2D eigenvalue weighted by Crippen LogP contribution is 2.60. The van der Waals surface area contributed by atoms with Crippen LogP contribution in [0.2, 0.25) is 0 Å². The van der Waals surface area contributed by atoms with Crippen LogP contribution < -0.4 is 0 Å². The van der Waals surface area contributed by atoms with Gasteiger partial charge in [-0.25, -0.2) is 0 Å². The molecule has 1 aromatic carbocycles. The van der Waals surface area contributed by atoms with E-state index in [1.165, 1.54) is 6.42 Å². The lowest BCUT2D eigenvalue weighted by molar-refractivity contribution is -0.258. The molecular formula is C33H52O5. The minimum Gasteiger partial charge on any atom is -0.458 e. The fourth-order valence-corrected chi connectivity index (χ4v) is 8.59. The first kappa shape index (κ1) is 29.6. The van der Waals surface area contributed by atoms with Gasteiger partial charge in [-0.05, 0) is 103 Å². The fourth-order valence-electron chi connectivity index (χ4n) is 8.59. The molecule has 0 spiro atoms. The second kappa shape index (κ2) is 11.2. The van der Waals surface area contributed by atoms with Crippen LogP contribution in [0.25, 0.3) is 0 Å². The molecule has 0 N–H and O–H groups in total. The second-order valence-corrected chi connectivity index (χ2v) is 13.2. The maximum absolute atomic E-state index is 15.0. The van der Waals surface area contributed by atoms with Gasteiger partial charge in [0.2, 0.25) is 0 Å². The molecule has 4 aliphatic carbocycles. The van der Waals surface area contributed by atoms with Crippen molar-refractivity contribution in [1.82, 2.24) is 0 Å². The largest absolute Gasteiger partial charge is 0.458 e.